The van der Waals surface area contributed by atoms with Gasteiger partial charge in [-0.2, -0.15) is 0 Å². The number of hydrogen-bond acceptors (Lipinski definition) is 2. The fourth-order valence-electron chi connectivity index (χ4n) is 2.73. The molecule has 0 saturated carbocycles. The van der Waals surface area contributed by atoms with Crippen LogP contribution < -0.4 is 4.74 Å². The van der Waals surface area contributed by atoms with Gasteiger partial charge in [0.25, 0.3) is 0 Å². The van der Waals surface area contributed by atoms with Gasteiger partial charge in [0.15, 0.2) is 5.78 Å². The Hall–Kier alpha value is -2.09. The molecule has 0 aromatic heterocycles. The highest BCUT2D eigenvalue weighted by Gasteiger charge is 2.22. The molecular formula is C19H20O2. The Balaban J connectivity index is 2.06. The van der Waals surface area contributed by atoms with Crippen LogP contribution in [0.1, 0.15) is 53.2 Å². The van der Waals surface area contributed by atoms with E-state index < -0.39 is 0 Å². The molecule has 0 radical (unpaired) electrons. The van der Waals surface area contributed by atoms with E-state index in [2.05, 4.69) is 19.9 Å². The second kappa shape index (κ2) is 5.36. The van der Waals surface area contributed by atoms with Crippen molar-refractivity contribution < 1.29 is 9.53 Å². The third-order valence-corrected chi connectivity index (χ3v) is 4.27. The minimum absolute atomic E-state index is 0.138. The zero-order valence-electron chi connectivity index (χ0n) is 12.8. The van der Waals surface area contributed by atoms with Gasteiger partial charge in [-0.25, -0.2) is 0 Å². The van der Waals surface area contributed by atoms with E-state index in [1.54, 1.807) is 0 Å². The number of hydrogen-bond donors (Lipinski definition) is 0. The molecule has 1 aliphatic rings. The second-order valence-electron chi connectivity index (χ2n) is 5.88. The summed E-state index contributed by atoms with van der Waals surface area (Å²) in [6, 6.07) is 12.0. The van der Waals surface area contributed by atoms with Gasteiger partial charge in [-0.05, 0) is 43.0 Å². The van der Waals surface area contributed by atoms with Crippen LogP contribution in [0.15, 0.2) is 36.4 Å². The van der Waals surface area contributed by atoms with Crippen molar-refractivity contribution in [3.8, 4) is 11.5 Å². The zero-order valence-corrected chi connectivity index (χ0v) is 12.8. The highest BCUT2D eigenvalue weighted by atomic mass is 16.5. The molecule has 0 saturated heterocycles. The van der Waals surface area contributed by atoms with Crippen molar-refractivity contribution >= 4 is 5.78 Å². The predicted molar refractivity (Wildman–Crippen MR) is 84.4 cm³/mol. The predicted octanol–water partition coefficient (Wildman–Crippen LogP) is 5.04. The lowest BCUT2D eigenvalue weighted by Gasteiger charge is -2.13. The van der Waals surface area contributed by atoms with Crippen LogP contribution in [0.2, 0.25) is 0 Å². The number of ketones is 1. The van der Waals surface area contributed by atoms with Crippen LogP contribution in [0.3, 0.4) is 0 Å². The third kappa shape index (κ3) is 2.58. The van der Waals surface area contributed by atoms with Gasteiger partial charge in [-0.15, -0.1) is 0 Å². The lowest BCUT2D eigenvalue weighted by Crippen LogP contribution is -2.03. The van der Waals surface area contributed by atoms with Gasteiger partial charge in [0.05, 0.1) is 5.56 Å². The van der Waals surface area contributed by atoms with Gasteiger partial charge in [0.1, 0.15) is 11.5 Å². The maximum absolute atomic E-state index is 12.6. The first kappa shape index (κ1) is 13.9. The Morgan fingerprint density at radius 2 is 1.90 bits per heavy atom. The minimum Gasteiger partial charge on any atom is -0.456 e. The Labute approximate surface area is 125 Å². The van der Waals surface area contributed by atoms with Crippen molar-refractivity contribution in [2.24, 2.45) is 0 Å². The van der Waals surface area contributed by atoms with Crippen LogP contribution in [0.5, 0.6) is 11.5 Å². The highest BCUT2D eigenvalue weighted by Crippen LogP contribution is 2.35. The molecule has 21 heavy (non-hydrogen) atoms. The van der Waals surface area contributed by atoms with Crippen LogP contribution in [-0.2, 0) is 6.42 Å². The minimum atomic E-state index is 0.138. The van der Waals surface area contributed by atoms with E-state index >= 15 is 0 Å². The summed E-state index contributed by atoms with van der Waals surface area (Å²) >= 11 is 0. The average Bonchev–Trinajstić information content (AvgIpc) is 2.62. The molecule has 0 aliphatic carbocycles. The number of carbonyl (C=O) groups is 1. The van der Waals surface area contributed by atoms with Crippen molar-refractivity contribution in [3.63, 3.8) is 0 Å². The number of fused-ring (bicyclic) bond motifs is 2. The summed E-state index contributed by atoms with van der Waals surface area (Å²) in [6.07, 6.45) is 1.47. The summed E-state index contributed by atoms with van der Waals surface area (Å²) in [5, 5.41) is 0. The van der Waals surface area contributed by atoms with Crippen LogP contribution in [0.25, 0.3) is 0 Å². The van der Waals surface area contributed by atoms with E-state index in [1.165, 1.54) is 5.56 Å². The molecule has 0 bridgehead atoms. The molecule has 1 aliphatic heterocycles. The standard InChI is InChI=1S/C19H20O2/c1-4-13(3)14-6-8-19-16(10-14)17(20)11-15-9-12(2)5-7-18(15)21-19/h5-10,13H,4,11H2,1-3H3. The number of aryl methyl sites for hydroxylation is 1. The van der Waals surface area contributed by atoms with Crippen molar-refractivity contribution in [2.45, 2.75) is 39.5 Å². The third-order valence-electron chi connectivity index (χ3n) is 4.27. The average molecular weight is 280 g/mol. The Morgan fingerprint density at radius 1 is 1.14 bits per heavy atom. The molecule has 2 aromatic rings. The molecule has 0 fully saturated rings. The topological polar surface area (TPSA) is 26.3 Å². The molecular weight excluding hydrogens is 260 g/mol. The van der Waals surface area contributed by atoms with E-state index in [0.717, 1.165) is 23.3 Å². The van der Waals surface area contributed by atoms with Crippen LogP contribution in [-0.4, -0.2) is 5.78 Å². The van der Waals surface area contributed by atoms with E-state index in [1.807, 2.05) is 37.3 Å². The normalized spacial score (nSPS) is 14.7. The van der Waals surface area contributed by atoms with Crippen molar-refractivity contribution in [1.29, 1.82) is 0 Å². The highest BCUT2D eigenvalue weighted by molar-refractivity contribution is 6.01. The fourth-order valence-corrected chi connectivity index (χ4v) is 2.73. The van der Waals surface area contributed by atoms with Gasteiger partial charge < -0.3 is 4.74 Å². The largest absolute Gasteiger partial charge is 0.456 e. The molecule has 1 atom stereocenters. The molecule has 0 amide bonds. The smallest absolute Gasteiger partial charge is 0.171 e. The molecule has 108 valence electrons. The van der Waals surface area contributed by atoms with Crippen LogP contribution in [0.4, 0.5) is 0 Å². The van der Waals surface area contributed by atoms with Gasteiger partial charge in [0.2, 0.25) is 0 Å². The number of carbonyl (C=O) groups excluding carboxylic acids is 1. The first-order valence-corrected chi connectivity index (χ1v) is 7.53. The van der Waals surface area contributed by atoms with E-state index in [9.17, 15) is 4.79 Å². The van der Waals surface area contributed by atoms with Crippen molar-refractivity contribution in [2.75, 3.05) is 0 Å². The van der Waals surface area contributed by atoms with Gasteiger partial charge in [-0.3, -0.25) is 4.79 Å². The summed E-state index contributed by atoms with van der Waals surface area (Å²) in [5.74, 6) is 2.06. The monoisotopic (exact) mass is 280 g/mol. The Bertz CT molecular complexity index is 701. The summed E-state index contributed by atoms with van der Waals surface area (Å²) in [7, 11) is 0. The molecule has 1 unspecified atom stereocenters. The number of Topliss-reactive ketones (excluding diaryl/α,β-unsaturated/α-hetero) is 1. The lowest BCUT2D eigenvalue weighted by atomic mass is 9.94. The summed E-state index contributed by atoms with van der Waals surface area (Å²) < 4.78 is 5.98. The number of benzene rings is 2. The lowest BCUT2D eigenvalue weighted by molar-refractivity contribution is 0.0993. The quantitative estimate of drug-likeness (QED) is 0.770. The van der Waals surface area contributed by atoms with Crippen molar-refractivity contribution in [1.82, 2.24) is 0 Å². The molecule has 2 heteroatoms. The Kier molecular flexibility index (Phi) is 3.54. The second-order valence-corrected chi connectivity index (χ2v) is 5.88. The van der Waals surface area contributed by atoms with Crippen LogP contribution >= 0.6 is 0 Å². The van der Waals surface area contributed by atoms with E-state index in [4.69, 9.17) is 4.74 Å². The Morgan fingerprint density at radius 3 is 2.67 bits per heavy atom. The molecule has 2 nitrogen and oxygen atoms in total. The first-order chi connectivity index (χ1) is 10.1. The number of rotatable bonds is 2. The summed E-state index contributed by atoms with van der Waals surface area (Å²) in [5.41, 5.74) is 4.04. The van der Waals surface area contributed by atoms with Gasteiger partial charge in [0, 0.05) is 12.0 Å². The summed E-state index contributed by atoms with van der Waals surface area (Å²) in [6.45, 7) is 6.37. The zero-order chi connectivity index (χ0) is 15.0. The molecule has 1 heterocycles. The SMILES string of the molecule is CCC(C)c1ccc2c(c1)C(=O)Cc1cc(C)ccc1O2. The molecule has 2 aromatic carbocycles. The van der Waals surface area contributed by atoms with Crippen molar-refractivity contribution in [3.05, 3.63) is 58.7 Å². The molecule has 3 rings (SSSR count). The maximum Gasteiger partial charge on any atom is 0.171 e. The van der Waals surface area contributed by atoms with E-state index in [0.29, 0.717) is 23.7 Å². The van der Waals surface area contributed by atoms with Crippen LogP contribution in [0, 0.1) is 6.92 Å². The molecule has 0 N–H and O–H groups in total. The van der Waals surface area contributed by atoms with Gasteiger partial charge >= 0.3 is 0 Å². The first-order valence-electron chi connectivity index (χ1n) is 7.53. The maximum atomic E-state index is 12.6. The van der Waals surface area contributed by atoms with Gasteiger partial charge in [-0.1, -0.05) is 37.6 Å². The van der Waals surface area contributed by atoms with E-state index in [-0.39, 0.29) is 5.78 Å². The number of ether oxygens (including phenoxy) is 1. The summed E-state index contributed by atoms with van der Waals surface area (Å²) in [4.78, 5) is 12.6. The molecule has 0 spiro atoms. The fraction of sp³-hybridized carbons (Fsp3) is 0.316.